The van der Waals surface area contributed by atoms with E-state index in [-0.39, 0.29) is 18.7 Å². The molecule has 1 saturated heterocycles. The van der Waals surface area contributed by atoms with Crippen LogP contribution in [0.3, 0.4) is 0 Å². The van der Waals surface area contributed by atoms with Gasteiger partial charge in [-0.15, -0.1) is 13.2 Å². The zero-order valence-corrected chi connectivity index (χ0v) is 22.9. The number of benzene rings is 2. The van der Waals surface area contributed by atoms with E-state index < -0.39 is 41.4 Å². The summed E-state index contributed by atoms with van der Waals surface area (Å²) in [5.74, 6) is -2.50. The number of alkyl halides is 3. The number of nitrogens with zero attached hydrogens (tertiary/aromatic N) is 4. The molecule has 1 aromatic heterocycles. The fourth-order valence-corrected chi connectivity index (χ4v) is 4.44. The van der Waals surface area contributed by atoms with Crippen LogP contribution in [0.2, 0.25) is 0 Å². The van der Waals surface area contributed by atoms with Gasteiger partial charge < -0.3 is 16.0 Å². The molecule has 8 nitrogen and oxygen atoms in total. The highest BCUT2D eigenvalue weighted by atomic mass is 19.4. The SMILES string of the molecule is C=C.C[C@H]1CCN(c2c(NC(=O)c3ccc(=O)n(-c4c(F)cccc4F)n3)ccc(N)c2C=NCCCC(F)(F)F)C1. The molecule has 1 atom stereocenters. The molecular formula is C29H31F5N6O2. The minimum atomic E-state index is -4.27. The first-order valence-electron chi connectivity index (χ1n) is 13.0. The molecular weight excluding hydrogens is 559 g/mol. The first kappa shape index (κ1) is 32.0. The molecule has 2 heterocycles. The monoisotopic (exact) mass is 590 g/mol. The normalized spacial score (nSPS) is 15.0. The molecule has 0 unspecified atom stereocenters. The van der Waals surface area contributed by atoms with Gasteiger partial charge in [0.25, 0.3) is 11.5 Å². The van der Waals surface area contributed by atoms with E-state index in [1.165, 1.54) is 12.3 Å². The summed E-state index contributed by atoms with van der Waals surface area (Å²) in [6.45, 7) is 9.27. The van der Waals surface area contributed by atoms with Crippen LogP contribution in [0, 0.1) is 17.6 Å². The fourth-order valence-electron chi connectivity index (χ4n) is 4.44. The molecule has 0 radical (unpaired) electrons. The van der Waals surface area contributed by atoms with Gasteiger partial charge in [-0.1, -0.05) is 13.0 Å². The number of halogens is 5. The van der Waals surface area contributed by atoms with Crippen LogP contribution in [0.25, 0.3) is 5.69 Å². The topological polar surface area (TPSA) is 106 Å². The van der Waals surface area contributed by atoms with Crippen molar-refractivity contribution in [3.63, 3.8) is 0 Å². The highest BCUT2D eigenvalue weighted by molar-refractivity contribution is 6.08. The average molecular weight is 591 g/mol. The molecule has 42 heavy (non-hydrogen) atoms. The minimum Gasteiger partial charge on any atom is -0.398 e. The first-order valence-corrected chi connectivity index (χ1v) is 13.0. The number of nitrogens with one attached hydrogen (secondary N) is 1. The average Bonchev–Trinajstić information content (AvgIpc) is 3.37. The third-order valence-corrected chi connectivity index (χ3v) is 6.39. The number of nitrogens with two attached hydrogens (primary N) is 1. The van der Waals surface area contributed by atoms with E-state index in [0.29, 0.717) is 46.3 Å². The van der Waals surface area contributed by atoms with Gasteiger partial charge in [0.2, 0.25) is 0 Å². The molecule has 4 rings (SSSR count). The number of carbonyl (C=O) groups is 1. The molecule has 1 aliphatic rings. The molecule has 3 aromatic rings. The van der Waals surface area contributed by atoms with Crippen LogP contribution in [-0.2, 0) is 0 Å². The Hall–Kier alpha value is -4.55. The number of aromatic nitrogens is 2. The van der Waals surface area contributed by atoms with Crippen molar-refractivity contribution in [3.8, 4) is 5.69 Å². The number of para-hydroxylation sites is 1. The van der Waals surface area contributed by atoms with Gasteiger partial charge in [-0.2, -0.15) is 23.0 Å². The van der Waals surface area contributed by atoms with Crippen molar-refractivity contribution < 1.29 is 26.7 Å². The van der Waals surface area contributed by atoms with Gasteiger partial charge in [0.15, 0.2) is 11.6 Å². The number of hydrogen-bond acceptors (Lipinski definition) is 6. The maximum Gasteiger partial charge on any atom is 0.389 e. The van der Waals surface area contributed by atoms with Crippen molar-refractivity contribution in [3.05, 3.63) is 88.9 Å². The number of rotatable bonds is 8. The Morgan fingerprint density at radius 2 is 1.83 bits per heavy atom. The zero-order chi connectivity index (χ0) is 31.0. The molecule has 3 N–H and O–H groups in total. The summed E-state index contributed by atoms with van der Waals surface area (Å²) < 4.78 is 66.6. The third-order valence-electron chi connectivity index (χ3n) is 6.39. The number of amides is 1. The van der Waals surface area contributed by atoms with Gasteiger partial charge in [-0.05, 0) is 49.1 Å². The molecule has 2 aromatic carbocycles. The summed E-state index contributed by atoms with van der Waals surface area (Å²) in [4.78, 5) is 31.7. The number of aliphatic imine (C=N–C) groups is 1. The molecule has 0 aliphatic carbocycles. The standard InChI is InChI=1S/C27H27F5N6O2.C2H4/c1-16-10-13-37(15-16)24-17(14-34-12-3-11-27(30,31)32)20(33)6-7-21(24)35-26(40)22-8-9-23(39)38(36-22)25-18(28)4-2-5-19(25)29;1-2/h2,4-9,14,16H,3,10-13,15,33H2,1H3,(H,35,40);1-2H2/t16-;/m0./s1. The summed E-state index contributed by atoms with van der Waals surface area (Å²) in [6.07, 6.45) is -3.15. The van der Waals surface area contributed by atoms with Crippen LogP contribution in [0.5, 0.6) is 0 Å². The Labute approximate surface area is 239 Å². The van der Waals surface area contributed by atoms with Gasteiger partial charge in [-0.25, -0.2) is 8.78 Å². The van der Waals surface area contributed by atoms with E-state index in [2.05, 4.69) is 35.5 Å². The lowest BCUT2D eigenvalue weighted by molar-refractivity contribution is -0.134. The van der Waals surface area contributed by atoms with Crippen LogP contribution in [0.1, 0.15) is 42.2 Å². The third kappa shape index (κ3) is 7.80. The fraction of sp³-hybridized carbons (Fsp3) is 0.310. The molecule has 1 aliphatic heterocycles. The van der Waals surface area contributed by atoms with Crippen molar-refractivity contribution in [2.24, 2.45) is 10.9 Å². The maximum absolute atomic E-state index is 14.3. The Morgan fingerprint density at radius 3 is 2.45 bits per heavy atom. The van der Waals surface area contributed by atoms with Gasteiger partial charge in [0.1, 0.15) is 11.4 Å². The predicted molar refractivity (Wildman–Crippen MR) is 154 cm³/mol. The Bertz CT molecular complexity index is 1480. The van der Waals surface area contributed by atoms with E-state index in [1.54, 1.807) is 6.07 Å². The Kier molecular flexibility index (Phi) is 10.6. The number of hydrogen-bond donors (Lipinski definition) is 2. The molecule has 13 heteroatoms. The second-order valence-corrected chi connectivity index (χ2v) is 9.55. The predicted octanol–water partition coefficient (Wildman–Crippen LogP) is 5.76. The summed E-state index contributed by atoms with van der Waals surface area (Å²) in [5, 5.41) is 6.61. The summed E-state index contributed by atoms with van der Waals surface area (Å²) >= 11 is 0. The lowest BCUT2D eigenvalue weighted by Crippen LogP contribution is -2.27. The van der Waals surface area contributed by atoms with Crippen molar-refractivity contribution in [1.82, 2.24) is 9.78 Å². The van der Waals surface area contributed by atoms with Gasteiger partial charge in [-0.3, -0.25) is 14.6 Å². The van der Waals surface area contributed by atoms with Crippen LogP contribution >= 0.6 is 0 Å². The van der Waals surface area contributed by atoms with Crippen LogP contribution < -0.4 is 21.5 Å². The van der Waals surface area contributed by atoms with E-state index in [4.69, 9.17) is 5.73 Å². The maximum atomic E-state index is 14.3. The quantitative estimate of drug-likeness (QED) is 0.114. The Balaban J connectivity index is 0.00000237. The number of carbonyl (C=O) groups excluding carboxylic acids is 1. The van der Waals surface area contributed by atoms with Crippen molar-refractivity contribution in [2.45, 2.75) is 32.4 Å². The summed E-state index contributed by atoms with van der Waals surface area (Å²) in [6, 6.07) is 8.25. The van der Waals surface area contributed by atoms with Crippen molar-refractivity contribution >= 4 is 29.2 Å². The van der Waals surface area contributed by atoms with Crippen LogP contribution in [-0.4, -0.2) is 47.7 Å². The second kappa shape index (κ2) is 13.9. The summed E-state index contributed by atoms with van der Waals surface area (Å²) in [7, 11) is 0. The van der Waals surface area contributed by atoms with Crippen molar-refractivity contribution in [1.29, 1.82) is 0 Å². The minimum absolute atomic E-state index is 0.0660. The van der Waals surface area contributed by atoms with Crippen molar-refractivity contribution in [2.75, 3.05) is 35.6 Å². The van der Waals surface area contributed by atoms with Crippen LogP contribution in [0.4, 0.5) is 39.0 Å². The molecule has 1 amide bonds. The zero-order valence-electron chi connectivity index (χ0n) is 22.9. The van der Waals surface area contributed by atoms with Crippen LogP contribution in [0.15, 0.2) is 65.4 Å². The molecule has 0 saturated carbocycles. The largest absolute Gasteiger partial charge is 0.398 e. The molecule has 1 fully saturated rings. The molecule has 0 bridgehead atoms. The Morgan fingerprint density at radius 1 is 1.14 bits per heavy atom. The number of anilines is 3. The first-order chi connectivity index (χ1) is 19.9. The van der Waals surface area contributed by atoms with E-state index in [1.807, 2.05) is 4.90 Å². The van der Waals surface area contributed by atoms with Gasteiger partial charge in [0, 0.05) is 49.6 Å². The number of nitrogen functional groups attached to an aromatic ring is 1. The second-order valence-electron chi connectivity index (χ2n) is 9.55. The van der Waals surface area contributed by atoms with Gasteiger partial charge in [0.05, 0.1) is 11.4 Å². The van der Waals surface area contributed by atoms with E-state index in [9.17, 15) is 31.5 Å². The lowest BCUT2D eigenvalue weighted by Gasteiger charge is -2.25. The highest BCUT2D eigenvalue weighted by Crippen LogP contribution is 2.36. The highest BCUT2D eigenvalue weighted by Gasteiger charge is 2.27. The van der Waals surface area contributed by atoms with E-state index >= 15 is 0 Å². The summed E-state index contributed by atoms with van der Waals surface area (Å²) in [5.41, 5.74) is 5.97. The smallest absolute Gasteiger partial charge is 0.389 e. The molecule has 224 valence electrons. The van der Waals surface area contributed by atoms with E-state index in [0.717, 1.165) is 36.8 Å². The molecule has 0 spiro atoms. The van der Waals surface area contributed by atoms with Gasteiger partial charge >= 0.3 is 6.18 Å². The lowest BCUT2D eigenvalue weighted by atomic mass is 10.1.